The fraction of sp³-hybridized carbons (Fsp3) is 0.231. The smallest absolute Gasteiger partial charge is 0.196 e. The van der Waals surface area contributed by atoms with Gasteiger partial charge in [-0.2, -0.15) is 0 Å². The molecule has 0 fully saturated rings. The second-order valence-corrected chi connectivity index (χ2v) is 7.75. The molecule has 7 nitrogen and oxygen atoms in total. The molecular weight excluding hydrogens is 416 g/mol. The fourth-order valence-corrected chi connectivity index (χ4v) is 3.74. The van der Waals surface area contributed by atoms with Crippen LogP contribution in [-0.2, 0) is 13.0 Å². The molecule has 7 heteroatoms. The predicted molar refractivity (Wildman–Crippen MR) is 129 cm³/mol. The van der Waals surface area contributed by atoms with Gasteiger partial charge < -0.3 is 24.5 Å². The Bertz CT molecular complexity index is 1230. The third-order valence-corrected chi connectivity index (χ3v) is 5.38. The first kappa shape index (κ1) is 20.9. The molecule has 2 N–H and O–H groups in total. The number of rotatable bonds is 6. The molecule has 0 atom stereocenters. The molecule has 0 saturated heterocycles. The number of ether oxygens (including phenoxy) is 2. The minimum atomic E-state index is 0.495. The van der Waals surface area contributed by atoms with Crippen LogP contribution in [0.3, 0.4) is 0 Å². The molecule has 0 aliphatic carbocycles. The van der Waals surface area contributed by atoms with E-state index in [2.05, 4.69) is 33.8 Å². The van der Waals surface area contributed by atoms with Gasteiger partial charge in [-0.15, -0.1) is 0 Å². The van der Waals surface area contributed by atoms with Gasteiger partial charge in [0, 0.05) is 42.7 Å². The van der Waals surface area contributed by atoms with Crippen molar-refractivity contribution in [3.63, 3.8) is 0 Å². The normalized spacial score (nSPS) is 13.5. The highest BCUT2D eigenvalue weighted by Gasteiger charge is 2.12. The molecule has 5 rings (SSSR count). The van der Waals surface area contributed by atoms with E-state index in [0.717, 1.165) is 52.3 Å². The van der Waals surface area contributed by atoms with Gasteiger partial charge >= 0.3 is 0 Å². The number of nitrogens with one attached hydrogen (secondary N) is 2. The van der Waals surface area contributed by atoms with Gasteiger partial charge in [0.05, 0.1) is 31.5 Å². The predicted octanol–water partition coefficient (Wildman–Crippen LogP) is 4.79. The molecule has 0 amide bonds. The maximum atomic E-state index is 5.83. The van der Waals surface area contributed by atoms with Crippen LogP contribution in [0.2, 0.25) is 0 Å². The third-order valence-electron chi connectivity index (χ3n) is 5.38. The van der Waals surface area contributed by atoms with Crippen LogP contribution in [0.15, 0.2) is 82.5 Å². The van der Waals surface area contributed by atoms with Crippen molar-refractivity contribution < 1.29 is 13.9 Å². The summed E-state index contributed by atoms with van der Waals surface area (Å²) in [4.78, 5) is 9.38. The summed E-state index contributed by atoms with van der Waals surface area (Å²) in [6.45, 7) is 2.49. The van der Waals surface area contributed by atoms with Crippen molar-refractivity contribution in [3.05, 3.63) is 84.4 Å². The molecular formula is C26H26N4O3. The molecule has 0 bridgehead atoms. The first-order valence-corrected chi connectivity index (χ1v) is 11.2. The monoisotopic (exact) mass is 442 g/mol. The number of hydrogen-bond donors (Lipinski definition) is 2. The Morgan fingerprint density at radius 3 is 2.79 bits per heavy atom. The first-order chi connectivity index (χ1) is 16.3. The van der Waals surface area contributed by atoms with E-state index in [-0.39, 0.29) is 0 Å². The summed E-state index contributed by atoms with van der Waals surface area (Å²) in [5.41, 5.74) is 2.91. The first-order valence-electron chi connectivity index (χ1n) is 11.2. The largest absolute Gasteiger partial charge is 0.490 e. The van der Waals surface area contributed by atoms with Crippen molar-refractivity contribution in [3.8, 4) is 11.5 Å². The molecule has 2 aromatic carbocycles. The highest BCUT2D eigenvalue weighted by atomic mass is 16.5. The zero-order valence-electron chi connectivity index (χ0n) is 18.3. The Labute approximate surface area is 192 Å². The summed E-state index contributed by atoms with van der Waals surface area (Å²) in [5.74, 6) is 3.11. The lowest BCUT2D eigenvalue weighted by Crippen LogP contribution is -2.32. The number of nitrogens with zero attached hydrogens (tertiary/aromatic N) is 2. The van der Waals surface area contributed by atoms with Gasteiger partial charge in [0.15, 0.2) is 17.5 Å². The molecule has 0 radical (unpaired) electrons. The van der Waals surface area contributed by atoms with Crippen molar-refractivity contribution in [2.75, 3.05) is 25.1 Å². The summed E-state index contributed by atoms with van der Waals surface area (Å²) < 4.78 is 17.0. The molecule has 0 spiro atoms. The standard InChI is InChI=1S/C26H26N4O3/c1-5-19-7-2-12-27-25(19)20(6-1)18-29-26(28-13-11-22-8-3-14-31-22)30-21-9-10-23-24(17-21)33-16-4-15-32-23/h1-3,5-10,12,14,17H,4,11,13,15-16,18H2,(H2,28,29,30). The Morgan fingerprint density at radius 2 is 1.88 bits per heavy atom. The average molecular weight is 443 g/mol. The topological polar surface area (TPSA) is 80.9 Å². The molecule has 168 valence electrons. The fourth-order valence-electron chi connectivity index (χ4n) is 3.74. The number of pyridine rings is 1. The van der Waals surface area contributed by atoms with Gasteiger partial charge in [-0.05, 0) is 35.9 Å². The van der Waals surface area contributed by atoms with Crippen molar-refractivity contribution in [2.45, 2.75) is 19.4 Å². The lowest BCUT2D eigenvalue weighted by atomic mass is 10.1. The summed E-state index contributed by atoms with van der Waals surface area (Å²) in [6, 6.07) is 19.9. The van der Waals surface area contributed by atoms with Crippen LogP contribution in [0.5, 0.6) is 11.5 Å². The molecule has 1 aliphatic heterocycles. The molecule has 3 heterocycles. The number of para-hydroxylation sites is 1. The summed E-state index contributed by atoms with van der Waals surface area (Å²) >= 11 is 0. The highest BCUT2D eigenvalue weighted by Crippen LogP contribution is 2.32. The van der Waals surface area contributed by atoms with Crippen LogP contribution in [-0.4, -0.2) is 30.7 Å². The zero-order chi connectivity index (χ0) is 22.3. The van der Waals surface area contributed by atoms with Crippen LogP contribution in [0, 0.1) is 0 Å². The molecule has 0 saturated carbocycles. The van der Waals surface area contributed by atoms with Crippen molar-refractivity contribution >= 4 is 22.5 Å². The van der Waals surface area contributed by atoms with E-state index in [1.165, 1.54) is 0 Å². The maximum Gasteiger partial charge on any atom is 0.196 e. The van der Waals surface area contributed by atoms with Gasteiger partial charge in [-0.3, -0.25) is 4.98 Å². The van der Waals surface area contributed by atoms with E-state index in [0.29, 0.717) is 32.3 Å². The Balaban J connectivity index is 1.36. The van der Waals surface area contributed by atoms with E-state index in [1.807, 2.05) is 48.7 Å². The Kier molecular flexibility index (Phi) is 6.38. The Morgan fingerprint density at radius 1 is 0.970 bits per heavy atom. The number of aromatic nitrogens is 1. The van der Waals surface area contributed by atoms with Crippen LogP contribution < -0.4 is 20.1 Å². The van der Waals surface area contributed by atoms with E-state index < -0.39 is 0 Å². The number of aliphatic imine (C=N–C) groups is 1. The highest BCUT2D eigenvalue weighted by molar-refractivity contribution is 5.94. The van der Waals surface area contributed by atoms with Gasteiger partial charge in [-0.25, -0.2) is 4.99 Å². The van der Waals surface area contributed by atoms with Crippen molar-refractivity contribution in [1.29, 1.82) is 0 Å². The summed E-state index contributed by atoms with van der Waals surface area (Å²) in [7, 11) is 0. The number of guanidine groups is 1. The third kappa shape index (κ3) is 5.26. The maximum absolute atomic E-state index is 5.83. The van der Waals surface area contributed by atoms with Gasteiger partial charge in [-0.1, -0.05) is 24.3 Å². The Hall–Kier alpha value is -4.00. The molecule has 2 aromatic heterocycles. The van der Waals surface area contributed by atoms with Crippen LogP contribution in [0.1, 0.15) is 17.7 Å². The van der Waals surface area contributed by atoms with Crippen LogP contribution in [0.25, 0.3) is 10.9 Å². The minimum absolute atomic E-state index is 0.495. The second-order valence-electron chi connectivity index (χ2n) is 7.75. The van der Waals surface area contributed by atoms with Crippen LogP contribution >= 0.6 is 0 Å². The number of hydrogen-bond acceptors (Lipinski definition) is 5. The van der Waals surface area contributed by atoms with Gasteiger partial charge in [0.25, 0.3) is 0 Å². The molecule has 4 aromatic rings. The van der Waals surface area contributed by atoms with Gasteiger partial charge in [0.1, 0.15) is 5.76 Å². The van der Waals surface area contributed by atoms with Crippen molar-refractivity contribution in [2.24, 2.45) is 4.99 Å². The summed E-state index contributed by atoms with van der Waals surface area (Å²) in [6.07, 6.45) is 5.13. The number of anilines is 1. The number of furan rings is 1. The van der Waals surface area contributed by atoms with E-state index in [4.69, 9.17) is 18.9 Å². The second kappa shape index (κ2) is 10.1. The van der Waals surface area contributed by atoms with E-state index in [1.54, 1.807) is 6.26 Å². The quantitative estimate of drug-likeness (QED) is 0.330. The molecule has 1 aliphatic rings. The van der Waals surface area contributed by atoms with Gasteiger partial charge in [0.2, 0.25) is 0 Å². The lowest BCUT2D eigenvalue weighted by molar-refractivity contribution is 0.297. The minimum Gasteiger partial charge on any atom is -0.490 e. The molecule has 33 heavy (non-hydrogen) atoms. The number of benzene rings is 2. The van der Waals surface area contributed by atoms with E-state index >= 15 is 0 Å². The van der Waals surface area contributed by atoms with E-state index in [9.17, 15) is 0 Å². The molecule has 0 unspecified atom stereocenters. The number of fused-ring (bicyclic) bond motifs is 2. The van der Waals surface area contributed by atoms with Crippen LogP contribution in [0.4, 0.5) is 5.69 Å². The average Bonchev–Trinajstić information content (AvgIpc) is 3.26. The SMILES string of the molecule is c1coc(CCNC(=NCc2cccc3cccnc23)Nc2ccc3c(c2)OCCCO3)c1. The summed E-state index contributed by atoms with van der Waals surface area (Å²) in [5, 5.41) is 7.91. The van der Waals surface area contributed by atoms with Crippen molar-refractivity contribution in [1.82, 2.24) is 10.3 Å². The lowest BCUT2D eigenvalue weighted by Gasteiger charge is -2.14. The zero-order valence-corrected chi connectivity index (χ0v) is 18.3.